The second-order valence-corrected chi connectivity index (χ2v) is 5.30. The van der Waals surface area contributed by atoms with Gasteiger partial charge in [-0.2, -0.15) is 0 Å². The maximum atomic E-state index is 5.94. The molecule has 2 aromatic rings. The van der Waals surface area contributed by atoms with Crippen molar-refractivity contribution in [3.8, 4) is 0 Å². The molecule has 94 valence electrons. The first-order valence-electron chi connectivity index (χ1n) is 6.77. The van der Waals surface area contributed by atoms with E-state index in [-0.39, 0.29) is 0 Å². The molecule has 3 rings (SSSR count). The molecule has 2 aromatic carbocycles. The lowest BCUT2D eigenvalue weighted by molar-refractivity contribution is 0.206. The van der Waals surface area contributed by atoms with Crippen molar-refractivity contribution in [1.29, 1.82) is 0 Å². The van der Waals surface area contributed by atoms with Crippen LogP contribution in [0.2, 0.25) is 0 Å². The molecule has 0 aliphatic carbocycles. The van der Waals surface area contributed by atoms with Gasteiger partial charge in [0.2, 0.25) is 0 Å². The van der Waals surface area contributed by atoms with E-state index in [0.717, 1.165) is 32.5 Å². The number of benzene rings is 2. The molecule has 2 heteroatoms. The summed E-state index contributed by atoms with van der Waals surface area (Å²) in [5, 5.41) is 2.66. The lowest BCUT2D eigenvalue weighted by Crippen LogP contribution is -2.39. The van der Waals surface area contributed by atoms with Crippen LogP contribution < -0.4 is 5.73 Å². The molecule has 0 amide bonds. The van der Waals surface area contributed by atoms with Crippen LogP contribution in [0.25, 0.3) is 10.8 Å². The smallest absolute Gasteiger partial charge is 0.0233 e. The molecule has 0 spiro atoms. The molecule has 1 aliphatic rings. The summed E-state index contributed by atoms with van der Waals surface area (Å²) in [5.41, 5.74) is 7.34. The normalized spacial score (nSPS) is 18.3. The minimum atomic E-state index is 0.415. The third kappa shape index (κ3) is 2.55. The largest absolute Gasteiger partial charge is 0.328 e. The first-order valence-corrected chi connectivity index (χ1v) is 6.77. The molecule has 0 bridgehead atoms. The number of hydrogen-bond acceptors (Lipinski definition) is 2. The van der Waals surface area contributed by atoms with E-state index in [9.17, 15) is 0 Å². The van der Waals surface area contributed by atoms with E-state index < -0.39 is 0 Å². The summed E-state index contributed by atoms with van der Waals surface area (Å²) in [5.74, 6) is 0. The summed E-state index contributed by atoms with van der Waals surface area (Å²) in [6.45, 7) is 3.32. The maximum absolute atomic E-state index is 5.94. The zero-order valence-electron chi connectivity index (χ0n) is 10.7. The maximum Gasteiger partial charge on any atom is 0.0233 e. The Kier molecular flexibility index (Phi) is 3.31. The van der Waals surface area contributed by atoms with Gasteiger partial charge in [-0.1, -0.05) is 36.4 Å². The van der Waals surface area contributed by atoms with Crippen molar-refractivity contribution in [1.82, 2.24) is 4.90 Å². The number of piperidine rings is 1. The van der Waals surface area contributed by atoms with Crippen molar-refractivity contribution in [3.05, 3.63) is 48.0 Å². The van der Waals surface area contributed by atoms with Gasteiger partial charge in [-0.05, 0) is 48.3 Å². The number of nitrogens with zero attached hydrogens (tertiary/aromatic N) is 1. The molecular weight excluding hydrogens is 220 g/mol. The standard InChI is InChI=1S/C16H20N2/c17-16-7-9-18(10-8-16)12-13-5-6-14-3-1-2-4-15(14)11-13/h1-6,11,16H,7-10,12,17H2. The highest BCUT2D eigenvalue weighted by Crippen LogP contribution is 2.18. The van der Waals surface area contributed by atoms with E-state index in [1.807, 2.05) is 0 Å². The fraction of sp³-hybridized carbons (Fsp3) is 0.375. The summed E-state index contributed by atoms with van der Waals surface area (Å²) >= 11 is 0. The van der Waals surface area contributed by atoms with Crippen molar-refractivity contribution in [3.63, 3.8) is 0 Å². The first-order chi connectivity index (χ1) is 8.81. The van der Waals surface area contributed by atoms with Crippen LogP contribution in [0.1, 0.15) is 18.4 Å². The molecule has 2 N–H and O–H groups in total. The second-order valence-electron chi connectivity index (χ2n) is 5.30. The van der Waals surface area contributed by atoms with Crippen molar-refractivity contribution >= 4 is 10.8 Å². The minimum absolute atomic E-state index is 0.415. The number of rotatable bonds is 2. The minimum Gasteiger partial charge on any atom is -0.328 e. The summed E-state index contributed by atoms with van der Waals surface area (Å²) in [6, 6.07) is 15.7. The van der Waals surface area contributed by atoms with Gasteiger partial charge in [-0.15, -0.1) is 0 Å². The van der Waals surface area contributed by atoms with E-state index in [1.54, 1.807) is 0 Å². The molecule has 1 saturated heterocycles. The van der Waals surface area contributed by atoms with Gasteiger partial charge in [0.25, 0.3) is 0 Å². The van der Waals surface area contributed by atoms with Crippen LogP contribution in [0.4, 0.5) is 0 Å². The van der Waals surface area contributed by atoms with Crippen LogP contribution in [-0.2, 0) is 6.54 Å². The number of likely N-dealkylation sites (tertiary alicyclic amines) is 1. The molecule has 0 unspecified atom stereocenters. The average molecular weight is 240 g/mol. The molecule has 1 fully saturated rings. The number of fused-ring (bicyclic) bond motifs is 1. The fourth-order valence-electron chi connectivity index (χ4n) is 2.71. The Morgan fingerprint density at radius 3 is 2.50 bits per heavy atom. The summed E-state index contributed by atoms with van der Waals surface area (Å²) in [4.78, 5) is 2.51. The number of nitrogens with two attached hydrogens (primary N) is 1. The van der Waals surface area contributed by atoms with Crippen molar-refractivity contribution in [2.45, 2.75) is 25.4 Å². The molecule has 0 atom stereocenters. The monoisotopic (exact) mass is 240 g/mol. The van der Waals surface area contributed by atoms with Crippen LogP contribution in [-0.4, -0.2) is 24.0 Å². The van der Waals surface area contributed by atoms with E-state index in [2.05, 4.69) is 47.4 Å². The summed E-state index contributed by atoms with van der Waals surface area (Å²) in [6.07, 6.45) is 2.27. The highest BCUT2D eigenvalue weighted by Gasteiger charge is 2.15. The van der Waals surface area contributed by atoms with Crippen molar-refractivity contribution < 1.29 is 0 Å². The van der Waals surface area contributed by atoms with Crippen LogP contribution in [0, 0.1) is 0 Å². The topological polar surface area (TPSA) is 29.3 Å². The molecule has 0 aromatic heterocycles. The van der Waals surface area contributed by atoms with Crippen LogP contribution in [0.3, 0.4) is 0 Å². The Labute approximate surface area is 108 Å². The van der Waals surface area contributed by atoms with Gasteiger partial charge in [-0.3, -0.25) is 4.90 Å². The molecular formula is C16H20N2. The van der Waals surface area contributed by atoms with E-state index in [0.29, 0.717) is 6.04 Å². The predicted octanol–water partition coefficient (Wildman–Crippen LogP) is 2.76. The quantitative estimate of drug-likeness (QED) is 0.874. The van der Waals surface area contributed by atoms with Gasteiger partial charge in [0, 0.05) is 12.6 Å². The number of hydrogen-bond donors (Lipinski definition) is 1. The molecule has 2 nitrogen and oxygen atoms in total. The van der Waals surface area contributed by atoms with Gasteiger partial charge in [0.05, 0.1) is 0 Å². The second kappa shape index (κ2) is 5.09. The van der Waals surface area contributed by atoms with E-state index in [1.165, 1.54) is 16.3 Å². The Hall–Kier alpha value is -1.38. The highest BCUT2D eigenvalue weighted by molar-refractivity contribution is 5.82. The molecule has 0 radical (unpaired) electrons. The van der Waals surface area contributed by atoms with Gasteiger partial charge in [0.15, 0.2) is 0 Å². The molecule has 0 saturated carbocycles. The Morgan fingerprint density at radius 1 is 1.00 bits per heavy atom. The van der Waals surface area contributed by atoms with E-state index in [4.69, 9.17) is 5.73 Å². The van der Waals surface area contributed by atoms with Crippen LogP contribution in [0.15, 0.2) is 42.5 Å². The van der Waals surface area contributed by atoms with Crippen LogP contribution >= 0.6 is 0 Å². The zero-order chi connectivity index (χ0) is 12.4. The van der Waals surface area contributed by atoms with Crippen LogP contribution in [0.5, 0.6) is 0 Å². The zero-order valence-corrected chi connectivity index (χ0v) is 10.7. The fourth-order valence-corrected chi connectivity index (χ4v) is 2.71. The predicted molar refractivity (Wildman–Crippen MR) is 76.4 cm³/mol. The lowest BCUT2D eigenvalue weighted by atomic mass is 10.0. The van der Waals surface area contributed by atoms with Gasteiger partial charge in [0.1, 0.15) is 0 Å². The summed E-state index contributed by atoms with van der Waals surface area (Å²) < 4.78 is 0. The highest BCUT2D eigenvalue weighted by atomic mass is 15.1. The first kappa shape index (κ1) is 11.7. The third-order valence-electron chi connectivity index (χ3n) is 3.85. The molecule has 1 heterocycles. The molecule has 18 heavy (non-hydrogen) atoms. The Morgan fingerprint density at radius 2 is 1.72 bits per heavy atom. The Bertz CT molecular complexity index is 527. The van der Waals surface area contributed by atoms with Crippen molar-refractivity contribution in [2.24, 2.45) is 5.73 Å². The average Bonchev–Trinajstić information content (AvgIpc) is 2.41. The molecule has 1 aliphatic heterocycles. The van der Waals surface area contributed by atoms with Gasteiger partial charge in [-0.25, -0.2) is 0 Å². The Balaban J connectivity index is 1.74. The van der Waals surface area contributed by atoms with E-state index >= 15 is 0 Å². The SMILES string of the molecule is NC1CCN(Cc2ccc3ccccc3c2)CC1. The van der Waals surface area contributed by atoms with Gasteiger partial charge < -0.3 is 5.73 Å². The van der Waals surface area contributed by atoms with Crippen molar-refractivity contribution in [2.75, 3.05) is 13.1 Å². The summed E-state index contributed by atoms with van der Waals surface area (Å²) in [7, 11) is 0. The third-order valence-corrected chi connectivity index (χ3v) is 3.85. The lowest BCUT2D eigenvalue weighted by Gasteiger charge is -2.30. The van der Waals surface area contributed by atoms with Gasteiger partial charge >= 0.3 is 0 Å².